The van der Waals surface area contributed by atoms with Crippen LogP contribution < -0.4 is 0 Å². The van der Waals surface area contributed by atoms with Crippen LogP contribution in [-0.2, 0) is 13.6 Å². The van der Waals surface area contributed by atoms with Crippen molar-refractivity contribution in [3.8, 4) is 0 Å². The standard InChI is InChI=1S/C15H16N4OS/c1-10-13-6-12(7-16-14(13)19(3)17-10)15(20)18(2)8-11-4-5-21-9-11/h4-7,9H,8H2,1-3H3. The molecule has 0 N–H and O–H groups in total. The summed E-state index contributed by atoms with van der Waals surface area (Å²) >= 11 is 1.63. The van der Waals surface area contributed by atoms with Crippen LogP contribution in [0.1, 0.15) is 21.6 Å². The van der Waals surface area contributed by atoms with E-state index in [0.29, 0.717) is 12.1 Å². The van der Waals surface area contributed by atoms with Gasteiger partial charge in [-0.1, -0.05) is 0 Å². The number of hydrogen-bond acceptors (Lipinski definition) is 4. The lowest BCUT2D eigenvalue weighted by Gasteiger charge is -2.16. The van der Waals surface area contributed by atoms with Gasteiger partial charge >= 0.3 is 0 Å². The van der Waals surface area contributed by atoms with Gasteiger partial charge in [0.2, 0.25) is 0 Å². The molecule has 3 rings (SSSR count). The predicted molar refractivity (Wildman–Crippen MR) is 83.4 cm³/mol. The van der Waals surface area contributed by atoms with Crippen LogP contribution in [0.4, 0.5) is 0 Å². The molecule has 0 unspecified atom stereocenters. The van der Waals surface area contributed by atoms with Crippen molar-refractivity contribution >= 4 is 28.3 Å². The number of amides is 1. The third-order valence-electron chi connectivity index (χ3n) is 3.46. The number of fused-ring (bicyclic) bond motifs is 1. The van der Waals surface area contributed by atoms with Crippen molar-refractivity contribution in [2.45, 2.75) is 13.5 Å². The van der Waals surface area contributed by atoms with E-state index in [2.05, 4.69) is 15.5 Å². The summed E-state index contributed by atoms with van der Waals surface area (Å²) in [4.78, 5) is 18.6. The molecule has 0 saturated heterocycles. The Hall–Kier alpha value is -2.21. The van der Waals surface area contributed by atoms with Crippen LogP contribution >= 0.6 is 11.3 Å². The van der Waals surface area contributed by atoms with E-state index in [1.54, 1.807) is 34.2 Å². The van der Waals surface area contributed by atoms with Crippen molar-refractivity contribution in [1.29, 1.82) is 0 Å². The van der Waals surface area contributed by atoms with E-state index in [0.717, 1.165) is 22.3 Å². The summed E-state index contributed by atoms with van der Waals surface area (Å²) in [5, 5.41) is 9.32. The van der Waals surface area contributed by atoms with E-state index >= 15 is 0 Å². The highest BCUT2D eigenvalue weighted by Gasteiger charge is 2.15. The Balaban J connectivity index is 1.89. The van der Waals surface area contributed by atoms with Crippen molar-refractivity contribution in [2.75, 3.05) is 7.05 Å². The average molecular weight is 300 g/mol. The van der Waals surface area contributed by atoms with Crippen molar-refractivity contribution in [2.24, 2.45) is 7.05 Å². The molecule has 6 heteroatoms. The molecule has 0 radical (unpaired) electrons. The molecular formula is C15H16N4OS. The Kier molecular flexibility index (Phi) is 3.47. The first kappa shape index (κ1) is 13.8. The summed E-state index contributed by atoms with van der Waals surface area (Å²) in [5.41, 5.74) is 3.42. The summed E-state index contributed by atoms with van der Waals surface area (Å²) < 4.78 is 1.73. The fraction of sp³-hybridized carbons (Fsp3) is 0.267. The van der Waals surface area contributed by atoms with Gasteiger partial charge in [-0.15, -0.1) is 0 Å². The first-order valence-electron chi connectivity index (χ1n) is 6.62. The second-order valence-corrected chi connectivity index (χ2v) is 5.88. The molecule has 3 aromatic rings. The van der Waals surface area contributed by atoms with Crippen molar-refractivity contribution in [3.05, 3.63) is 45.9 Å². The van der Waals surface area contributed by atoms with E-state index in [1.165, 1.54) is 0 Å². The Bertz CT molecular complexity index is 791. The zero-order valence-corrected chi connectivity index (χ0v) is 13.0. The van der Waals surface area contributed by atoms with Gasteiger partial charge in [0.15, 0.2) is 5.65 Å². The van der Waals surface area contributed by atoms with Crippen LogP contribution in [0.25, 0.3) is 11.0 Å². The van der Waals surface area contributed by atoms with Gasteiger partial charge in [-0.3, -0.25) is 9.48 Å². The zero-order valence-electron chi connectivity index (χ0n) is 12.2. The molecule has 0 aliphatic rings. The molecule has 1 amide bonds. The van der Waals surface area contributed by atoms with Crippen LogP contribution in [-0.4, -0.2) is 32.6 Å². The molecule has 3 aromatic heterocycles. The third kappa shape index (κ3) is 2.54. The van der Waals surface area contributed by atoms with Gasteiger partial charge < -0.3 is 4.90 Å². The van der Waals surface area contributed by atoms with Crippen molar-refractivity contribution in [3.63, 3.8) is 0 Å². The number of carbonyl (C=O) groups is 1. The molecule has 0 aliphatic carbocycles. The van der Waals surface area contributed by atoms with Crippen molar-refractivity contribution in [1.82, 2.24) is 19.7 Å². The summed E-state index contributed by atoms with van der Waals surface area (Å²) in [5.74, 6) is -0.0288. The maximum Gasteiger partial charge on any atom is 0.255 e. The zero-order chi connectivity index (χ0) is 15.0. The minimum absolute atomic E-state index is 0.0288. The normalized spacial score (nSPS) is 11.0. The first-order valence-corrected chi connectivity index (χ1v) is 7.56. The van der Waals surface area contributed by atoms with Crippen LogP contribution in [0.2, 0.25) is 0 Å². The number of pyridine rings is 1. The summed E-state index contributed by atoms with van der Waals surface area (Å²) in [6, 6.07) is 3.90. The van der Waals surface area contributed by atoms with Crippen LogP contribution in [0.15, 0.2) is 29.1 Å². The third-order valence-corrected chi connectivity index (χ3v) is 4.19. The van der Waals surface area contributed by atoms with Gasteiger partial charge in [0, 0.05) is 32.2 Å². The fourth-order valence-corrected chi connectivity index (χ4v) is 3.03. The number of carbonyl (C=O) groups excluding carboxylic acids is 1. The van der Waals surface area contributed by atoms with E-state index in [4.69, 9.17) is 0 Å². The SMILES string of the molecule is Cc1nn(C)c2ncc(C(=O)N(C)Cc3ccsc3)cc12. The molecule has 5 nitrogen and oxygen atoms in total. The molecule has 0 saturated carbocycles. The van der Waals surface area contributed by atoms with Gasteiger partial charge in [0.1, 0.15) is 0 Å². The minimum Gasteiger partial charge on any atom is -0.337 e. The van der Waals surface area contributed by atoms with Gasteiger partial charge in [0.25, 0.3) is 5.91 Å². The average Bonchev–Trinajstić information content (AvgIpc) is 3.07. The molecule has 0 atom stereocenters. The molecule has 0 bridgehead atoms. The summed E-state index contributed by atoms with van der Waals surface area (Å²) in [7, 11) is 3.66. The molecule has 108 valence electrons. The topological polar surface area (TPSA) is 51.0 Å². The second kappa shape index (κ2) is 5.29. The van der Waals surface area contributed by atoms with Gasteiger partial charge in [-0.25, -0.2) is 4.98 Å². The van der Waals surface area contributed by atoms with E-state index in [9.17, 15) is 4.79 Å². The van der Waals surface area contributed by atoms with Crippen LogP contribution in [0.3, 0.4) is 0 Å². The smallest absolute Gasteiger partial charge is 0.255 e. The Morgan fingerprint density at radius 2 is 2.29 bits per heavy atom. The van der Waals surface area contributed by atoms with E-state index in [1.807, 2.05) is 31.5 Å². The Morgan fingerprint density at radius 3 is 3.00 bits per heavy atom. The molecular weight excluding hydrogens is 284 g/mol. The van der Waals surface area contributed by atoms with Gasteiger partial charge in [-0.05, 0) is 35.4 Å². The Labute approximate surface area is 126 Å². The molecule has 0 fully saturated rings. The first-order chi connectivity index (χ1) is 10.1. The van der Waals surface area contributed by atoms with Crippen molar-refractivity contribution < 1.29 is 4.79 Å². The highest BCUT2D eigenvalue weighted by molar-refractivity contribution is 7.07. The van der Waals surface area contributed by atoms with Crippen LogP contribution in [0.5, 0.6) is 0 Å². The van der Waals surface area contributed by atoms with Crippen LogP contribution in [0, 0.1) is 6.92 Å². The second-order valence-electron chi connectivity index (χ2n) is 5.10. The fourth-order valence-electron chi connectivity index (χ4n) is 2.37. The lowest BCUT2D eigenvalue weighted by molar-refractivity contribution is 0.0785. The highest BCUT2D eigenvalue weighted by Crippen LogP contribution is 2.18. The minimum atomic E-state index is -0.0288. The Morgan fingerprint density at radius 1 is 1.48 bits per heavy atom. The van der Waals surface area contributed by atoms with Gasteiger partial charge in [-0.2, -0.15) is 16.4 Å². The number of aromatic nitrogens is 3. The largest absolute Gasteiger partial charge is 0.337 e. The highest BCUT2D eigenvalue weighted by atomic mass is 32.1. The number of nitrogens with zero attached hydrogens (tertiary/aromatic N) is 4. The maximum atomic E-state index is 12.5. The quantitative estimate of drug-likeness (QED) is 0.747. The summed E-state index contributed by atoms with van der Waals surface area (Å²) in [6.45, 7) is 2.53. The number of rotatable bonds is 3. The lowest BCUT2D eigenvalue weighted by atomic mass is 10.2. The summed E-state index contributed by atoms with van der Waals surface area (Å²) in [6.07, 6.45) is 1.62. The number of thiophene rings is 1. The monoisotopic (exact) mass is 300 g/mol. The molecule has 21 heavy (non-hydrogen) atoms. The molecule has 0 spiro atoms. The van der Waals surface area contributed by atoms with E-state index < -0.39 is 0 Å². The molecule has 3 heterocycles. The number of hydrogen-bond donors (Lipinski definition) is 0. The maximum absolute atomic E-state index is 12.5. The molecule has 0 aromatic carbocycles. The van der Waals surface area contributed by atoms with E-state index in [-0.39, 0.29) is 5.91 Å². The predicted octanol–water partition coefficient (Wildman–Crippen LogP) is 2.61. The van der Waals surface area contributed by atoms with Gasteiger partial charge in [0.05, 0.1) is 11.3 Å². The lowest BCUT2D eigenvalue weighted by Crippen LogP contribution is -2.26. The molecule has 0 aliphatic heterocycles. The number of aryl methyl sites for hydroxylation is 2.